The zero-order valence-corrected chi connectivity index (χ0v) is 13.7. The Hall–Kier alpha value is -0.460. The molecule has 0 aromatic carbocycles. The third-order valence-corrected chi connectivity index (χ3v) is 3.97. The normalized spacial score (nSPS) is 26.8. The van der Waals surface area contributed by atoms with Gasteiger partial charge < -0.3 is 24.8 Å². The van der Waals surface area contributed by atoms with Gasteiger partial charge in [0.2, 0.25) is 0 Å². The largest absolute Gasteiger partial charge is 0.394 e. The third-order valence-electron chi connectivity index (χ3n) is 3.97. The van der Waals surface area contributed by atoms with Gasteiger partial charge >= 0.3 is 0 Å². The van der Waals surface area contributed by atoms with Gasteiger partial charge in [-0.25, -0.2) is 0 Å². The van der Waals surface area contributed by atoms with Crippen molar-refractivity contribution in [1.29, 1.82) is 0 Å². The van der Waals surface area contributed by atoms with Crippen LogP contribution in [0.15, 0.2) is 12.2 Å². The van der Waals surface area contributed by atoms with E-state index in [2.05, 4.69) is 19.1 Å². The van der Waals surface area contributed by atoms with E-state index in [9.17, 15) is 15.3 Å². The molecule has 0 aromatic heterocycles. The molecule has 0 amide bonds. The van der Waals surface area contributed by atoms with E-state index in [1.165, 1.54) is 19.3 Å². The molecule has 1 heterocycles. The number of hydrogen-bond acceptors (Lipinski definition) is 5. The number of ether oxygens (including phenoxy) is 2. The van der Waals surface area contributed by atoms with E-state index in [1.54, 1.807) is 0 Å². The summed E-state index contributed by atoms with van der Waals surface area (Å²) in [5.41, 5.74) is 0. The number of aliphatic hydroxyl groups is 3. The smallest absolute Gasteiger partial charge is 0.114 e. The molecule has 0 unspecified atom stereocenters. The molecule has 4 atom stereocenters. The van der Waals surface area contributed by atoms with Gasteiger partial charge in [0.1, 0.15) is 24.4 Å². The van der Waals surface area contributed by atoms with Crippen molar-refractivity contribution in [3.63, 3.8) is 0 Å². The molecule has 1 aliphatic heterocycles. The minimum Gasteiger partial charge on any atom is -0.394 e. The topological polar surface area (TPSA) is 79.2 Å². The molecule has 0 radical (unpaired) electrons. The zero-order chi connectivity index (χ0) is 16.2. The zero-order valence-electron chi connectivity index (χ0n) is 13.7. The summed E-state index contributed by atoms with van der Waals surface area (Å²) in [6, 6.07) is 0. The summed E-state index contributed by atoms with van der Waals surface area (Å²) >= 11 is 0. The van der Waals surface area contributed by atoms with Crippen molar-refractivity contribution in [1.82, 2.24) is 0 Å². The lowest BCUT2D eigenvalue weighted by molar-refractivity contribution is -0.101. The summed E-state index contributed by atoms with van der Waals surface area (Å²) in [6.45, 7) is 2.61. The Labute approximate surface area is 133 Å². The average Bonchev–Trinajstić information content (AvgIpc) is 2.85. The molecule has 130 valence electrons. The minimum atomic E-state index is -0.983. The van der Waals surface area contributed by atoms with Crippen LogP contribution >= 0.6 is 0 Å². The summed E-state index contributed by atoms with van der Waals surface area (Å²) < 4.78 is 10.9. The predicted molar refractivity (Wildman–Crippen MR) is 85.7 cm³/mol. The second-order valence-electron chi connectivity index (χ2n) is 5.91. The van der Waals surface area contributed by atoms with E-state index in [-0.39, 0.29) is 13.2 Å². The second kappa shape index (κ2) is 12.0. The van der Waals surface area contributed by atoms with Crippen LogP contribution in [-0.4, -0.2) is 59.6 Å². The maximum atomic E-state index is 9.75. The molecule has 0 aromatic rings. The van der Waals surface area contributed by atoms with E-state index in [0.29, 0.717) is 6.61 Å². The van der Waals surface area contributed by atoms with Gasteiger partial charge in [0, 0.05) is 6.61 Å². The minimum absolute atomic E-state index is 0.0918. The fraction of sp³-hybridized carbons (Fsp3) is 0.882. The van der Waals surface area contributed by atoms with Crippen LogP contribution < -0.4 is 0 Å². The van der Waals surface area contributed by atoms with Crippen molar-refractivity contribution >= 4 is 0 Å². The number of hydrogen-bond donors (Lipinski definition) is 3. The maximum Gasteiger partial charge on any atom is 0.114 e. The van der Waals surface area contributed by atoms with Crippen molar-refractivity contribution < 1.29 is 24.8 Å². The first-order valence-electron chi connectivity index (χ1n) is 8.55. The van der Waals surface area contributed by atoms with Crippen LogP contribution in [0.2, 0.25) is 0 Å². The van der Waals surface area contributed by atoms with Crippen molar-refractivity contribution in [3.05, 3.63) is 12.2 Å². The first kappa shape index (κ1) is 19.6. The third kappa shape index (κ3) is 7.20. The number of aliphatic hydroxyl groups excluding tert-OH is 3. The van der Waals surface area contributed by atoms with Crippen LogP contribution in [0, 0.1) is 0 Å². The SMILES string of the molecule is CCCCC/C=C/CCCCO[C@H](CO)[C@@H]1OC[C@H](O)[C@@H]1O. The lowest BCUT2D eigenvalue weighted by Crippen LogP contribution is -2.42. The van der Waals surface area contributed by atoms with Gasteiger partial charge in [-0.2, -0.15) is 0 Å². The highest BCUT2D eigenvalue weighted by Gasteiger charge is 2.40. The summed E-state index contributed by atoms with van der Waals surface area (Å²) in [7, 11) is 0. The van der Waals surface area contributed by atoms with Crippen molar-refractivity contribution in [2.45, 2.75) is 76.3 Å². The molecule has 0 saturated carbocycles. The Bertz CT molecular complexity index is 295. The van der Waals surface area contributed by atoms with E-state index < -0.39 is 24.4 Å². The molecule has 1 saturated heterocycles. The molecule has 1 fully saturated rings. The Kier molecular flexibility index (Phi) is 10.7. The van der Waals surface area contributed by atoms with Crippen molar-refractivity contribution in [3.8, 4) is 0 Å². The fourth-order valence-corrected chi connectivity index (χ4v) is 2.55. The highest BCUT2D eigenvalue weighted by atomic mass is 16.6. The molecule has 0 spiro atoms. The Balaban J connectivity index is 2.05. The standard InChI is InChI=1S/C17H32O5/c1-2-3-4-5-6-7-8-9-10-11-21-15(12-18)17-16(20)14(19)13-22-17/h6-7,14-20H,2-5,8-13H2,1H3/b7-6+/t14-,15+,16-,17-/m0/s1. The lowest BCUT2D eigenvalue weighted by atomic mass is 10.1. The Morgan fingerprint density at radius 2 is 1.82 bits per heavy atom. The first-order valence-corrected chi connectivity index (χ1v) is 8.55. The van der Waals surface area contributed by atoms with Gasteiger partial charge in [0.05, 0.1) is 13.2 Å². The number of unbranched alkanes of at least 4 members (excludes halogenated alkanes) is 5. The van der Waals surface area contributed by atoms with Crippen LogP contribution in [0.4, 0.5) is 0 Å². The van der Waals surface area contributed by atoms with Gasteiger partial charge in [-0.05, 0) is 32.1 Å². The van der Waals surface area contributed by atoms with E-state index in [0.717, 1.165) is 25.7 Å². The molecule has 0 aliphatic carbocycles. The second-order valence-corrected chi connectivity index (χ2v) is 5.91. The van der Waals surface area contributed by atoms with Crippen LogP contribution in [-0.2, 0) is 9.47 Å². The van der Waals surface area contributed by atoms with Crippen LogP contribution in [0.3, 0.4) is 0 Å². The molecule has 3 N–H and O–H groups in total. The maximum absolute atomic E-state index is 9.75. The average molecular weight is 316 g/mol. The Morgan fingerprint density at radius 3 is 2.36 bits per heavy atom. The van der Waals surface area contributed by atoms with Gasteiger partial charge in [0.15, 0.2) is 0 Å². The first-order chi connectivity index (χ1) is 10.7. The number of allylic oxidation sites excluding steroid dienone is 2. The predicted octanol–water partition coefficient (Wildman–Crippen LogP) is 1.79. The molecule has 5 nitrogen and oxygen atoms in total. The van der Waals surface area contributed by atoms with Crippen LogP contribution in [0.25, 0.3) is 0 Å². The highest BCUT2D eigenvalue weighted by Crippen LogP contribution is 2.19. The summed E-state index contributed by atoms with van der Waals surface area (Å²) in [5.74, 6) is 0. The van der Waals surface area contributed by atoms with Crippen molar-refractivity contribution in [2.75, 3.05) is 19.8 Å². The highest BCUT2D eigenvalue weighted by molar-refractivity contribution is 4.88. The fourth-order valence-electron chi connectivity index (χ4n) is 2.55. The quantitative estimate of drug-likeness (QED) is 0.378. The molecular weight excluding hydrogens is 284 g/mol. The molecule has 1 rings (SSSR count). The van der Waals surface area contributed by atoms with Crippen LogP contribution in [0.1, 0.15) is 51.9 Å². The summed E-state index contributed by atoms with van der Waals surface area (Å²) in [5, 5.41) is 28.5. The number of rotatable bonds is 12. The van der Waals surface area contributed by atoms with Gasteiger partial charge in [0.25, 0.3) is 0 Å². The van der Waals surface area contributed by atoms with Gasteiger partial charge in [-0.3, -0.25) is 0 Å². The monoisotopic (exact) mass is 316 g/mol. The molecule has 0 bridgehead atoms. The van der Waals surface area contributed by atoms with E-state index >= 15 is 0 Å². The summed E-state index contributed by atoms with van der Waals surface area (Å²) in [6.07, 6.45) is 9.36. The lowest BCUT2D eigenvalue weighted by Gasteiger charge is -2.24. The molecule has 22 heavy (non-hydrogen) atoms. The molecular formula is C17H32O5. The molecule has 1 aliphatic rings. The van der Waals surface area contributed by atoms with E-state index in [1.807, 2.05) is 0 Å². The Morgan fingerprint density at radius 1 is 1.14 bits per heavy atom. The summed E-state index contributed by atoms with van der Waals surface area (Å²) in [4.78, 5) is 0. The van der Waals surface area contributed by atoms with Gasteiger partial charge in [-0.1, -0.05) is 31.9 Å². The van der Waals surface area contributed by atoms with Gasteiger partial charge in [-0.15, -0.1) is 0 Å². The van der Waals surface area contributed by atoms with Crippen LogP contribution in [0.5, 0.6) is 0 Å². The van der Waals surface area contributed by atoms with E-state index in [4.69, 9.17) is 9.47 Å². The molecule has 5 heteroatoms. The van der Waals surface area contributed by atoms with Crippen molar-refractivity contribution in [2.24, 2.45) is 0 Å².